The van der Waals surface area contributed by atoms with E-state index in [0.717, 1.165) is 36.0 Å². The molecule has 1 amide bonds. The molecule has 7 nitrogen and oxygen atoms in total. The van der Waals surface area contributed by atoms with Crippen LogP contribution in [0.3, 0.4) is 0 Å². The van der Waals surface area contributed by atoms with E-state index in [1.54, 1.807) is 6.07 Å². The van der Waals surface area contributed by atoms with E-state index >= 15 is 0 Å². The molecule has 3 N–H and O–H groups in total. The second-order valence-electron chi connectivity index (χ2n) is 9.13. The molecule has 1 aliphatic carbocycles. The molecule has 0 saturated heterocycles. The number of nitrogens with two attached hydrogens (primary N) is 1. The molecule has 0 fully saturated rings. The number of amides is 1. The minimum atomic E-state index is -0.659. The molecule has 0 radical (unpaired) electrons. The van der Waals surface area contributed by atoms with Crippen LogP contribution in [-0.2, 0) is 6.54 Å². The lowest BCUT2D eigenvalue weighted by atomic mass is 9.96. The Hall–Kier alpha value is -3.87. The summed E-state index contributed by atoms with van der Waals surface area (Å²) in [6.45, 7) is 4.33. The summed E-state index contributed by atoms with van der Waals surface area (Å²) in [6.07, 6.45) is 7.20. The summed E-state index contributed by atoms with van der Waals surface area (Å²) in [6, 6.07) is 14.9. The van der Waals surface area contributed by atoms with Crippen molar-refractivity contribution in [3.63, 3.8) is 0 Å². The van der Waals surface area contributed by atoms with Crippen LogP contribution in [0.2, 0.25) is 0 Å². The molecular weight excluding hydrogens is 440 g/mol. The molecule has 35 heavy (non-hydrogen) atoms. The monoisotopic (exact) mass is 472 g/mol. The number of allylic oxidation sites excluding steroid dienone is 1. The highest BCUT2D eigenvalue weighted by Gasteiger charge is 2.27. The molecule has 4 rings (SSSR count). The maximum Gasteiger partial charge on any atom is 0.330 e. The summed E-state index contributed by atoms with van der Waals surface area (Å²) in [5.74, 6) is -0.316. The first-order valence-electron chi connectivity index (χ1n) is 12.1. The number of H-pyrrole nitrogens is 1. The number of carbonyl (C=O) groups is 1. The first-order valence-corrected chi connectivity index (χ1v) is 12.1. The predicted molar refractivity (Wildman–Crippen MR) is 140 cm³/mol. The Balaban J connectivity index is 1.80. The number of benzene rings is 2. The first-order chi connectivity index (χ1) is 16.9. The van der Waals surface area contributed by atoms with Crippen LogP contribution >= 0.6 is 0 Å². The molecule has 1 heterocycles. The number of aryl methyl sites for hydroxylation is 1. The normalized spacial score (nSPS) is 13.4. The quantitative estimate of drug-likeness (QED) is 0.500. The van der Waals surface area contributed by atoms with E-state index in [0.29, 0.717) is 18.5 Å². The van der Waals surface area contributed by atoms with E-state index in [1.165, 1.54) is 21.5 Å². The third-order valence-electron chi connectivity index (χ3n) is 6.79. The number of nitrogens with one attached hydrogen (secondary N) is 1. The Morgan fingerprint density at radius 3 is 2.54 bits per heavy atom. The van der Waals surface area contributed by atoms with Crippen molar-refractivity contribution in [1.82, 2.24) is 9.55 Å². The fourth-order valence-electron chi connectivity index (χ4n) is 4.59. The van der Waals surface area contributed by atoms with Crippen molar-refractivity contribution in [1.29, 1.82) is 0 Å². The lowest BCUT2D eigenvalue weighted by Crippen LogP contribution is -2.42. The van der Waals surface area contributed by atoms with E-state index in [4.69, 9.17) is 5.73 Å². The smallest absolute Gasteiger partial charge is 0.330 e. The van der Waals surface area contributed by atoms with Crippen molar-refractivity contribution in [3.8, 4) is 0 Å². The van der Waals surface area contributed by atoms with Gasteiger partial charge in [0.1, 0.15) is 5.82 Å². The second-order valence-corrected chi connectivity index (χ2v) is 9.13. The number of carbonyl (C=O) groups excluding carboxylic acids is 1. The minimum absolute atomic E-state index is 0.0149. The van der Waals surface area contributed by atoms with Gasteiger partial charge in [0.05, 0.1) is 6.54 Å². The highest BCUT2D eigenvalue weighted by atomic mass is 16.2. The number of nitrogens with zero attached hydrogens (tertiary/aromatic N) is 2. The summed E-state index contributed by atoms with van der Waals surface area (Å²) >= 11 is 0. The van der Waals surface area contributed by atoms with Gasteiger partial charge in [0, 0.05) is 12.1 Å². The van der Waals surface area contributed by atoms with Crippen molar-refractivity contribution in [3.05, 3.63) is 103 Å². The van der Waals surface area contributed by atoms with Crippen molar-refractivity contribution in [2.24, 2.45) is 0 Å². The van der Waals surface area contributed by atoms with Crippen molar-refractivity contribution in [2.45, 2.75) is 52.5 Å². The van der Waals surface area contributed by atoms with E-state index < -0.39 is 11.2 Å². The van der Waals surface area contributed by atoms with Gasteiger partial charge in [0.25, 0.3) is 11.5 Å². The molecule has 182 valence electrons. The van der Waals surface area contributed by atoms with Crippen LogP contribution in [0.4, 0.5) is 11.5 Å². The van der Waals surface area contributed by atoms with Gasteiger partial charge in [-0.25, -0.2) is 4.79 Å². The van der Waals surface area contributed by atoms with Crippen LogP contribution in [-0.4, -0.2) is 22.0 Å². The van der Waals surface area contributed by atoms with E-state index in [-0.39, 0.29) is 24.0 Å². The Kier molecular flexibility index (Phi) is 7.34. The van der Waals surface area contributed by atoms with Crippen molar-refractivity contribution >= 4 is 17.4 Å². The maximum atomic E-state index is 13.9. The fraction of sp³-hybridized carbons (Fsp3) is 0.321. The number of hydrogen-bond acceptors (Lipinski definition) is 4. The highest BCUT2D eigenvalue weighted by molar-refractivity contribution is 6.08. The molecule has 0 atom stereocenters. The molecule has 0 spiro atoms. The van der Waals surface area contributed by atoms with E-state index in [9.17, 15) is 14.4 Å². The second kappa shape index (κ2) is 10.6. The zero-order chi connectivity index (χ0) is 24.9. The van der Waals surface area contributed by atoms with Gasteiger partial charge in [0.15, 0.2) is 5.69 Å². The van der Waals surface area contributed by atoms with Gasteiger partial charge in [-0.3, -0.25) is 19.1 Å². The summed E-state index contributed by atoms with van der Waals surface area (Å²) < 4.78 is 1.31. The minimum Gasteiger partial charge on any atom is -0.383 e. The van der Waals surface area contributed by atoms with Crippen LogP contribution in [0.5, 0.6) is 0 Å². The van der Waals surface area contributed by atoms with E-state index in [1.807, 2.05) is 56.3 Å². The average molecular weight is 473 g/mol. The Labute approximate surface area is 204 Å². The molecule has 3 aromatic rings. The van der Waals surface area contributed by atoms with E-state index in [2.05, 4.69) is 11.1 Å². The molecule has 2 aromatic carbocycles. The molecule has 0 aliphatic heterocycles. The average Bonchev–Trinajstić information content (AvgIpc) is 2.86. The zero-order valence-electron chi connectivity index (χ0n) is 20.3. The largest absolute Gasteiger partial charge is 0.383 e. The lowest BCUT2D eigenvalue weighted by molar-refractivity contribution is 0.0986. The Morgan fingerprint density at radius 1 is 1.06 bits per heavy atom. The number of hydrogen-bond donors (Lipinski definition) is 2. The van der Waals surface area contributed by atoms with Crippen LogP contribution < -0.4 is 21.9 Å². The number of rotatable bonds is 7. The standard InChI is InChI=1S/C28H32N4O3/c1-19-10-9-15-23(20(19)2)27(34)31(17-16-21-11-5-3-6-12-21)24-25(29)32(28(35)30-26(24)33)18-22-13-7-4-8-14-22/h4,7-11,13-15H,3,5-6,12,16-18,29H2,1-2H3,(H,30,33,35). The Bertz CT molecular complexity index is 1370. The zero-order valence-corrected chi connectivity index (χ0v) is 20.3. The SMILES string of the molecule is Cc1cccc(C(=O)N(CCC2=CCCCC2)c2c(N)n(Cc3ccccc3)c(=O)[nH]c2=O)c1C. The molecule has 1 aromatic heterocycles. The van der Waals surface area contributed by atoms with Crippen molar-refractivity contribution in [2.75, 3.05) is 17.2 Å². The number of aromatic nitrogens is 2. The lowest BCUT2D eigenvalue weighted by Gasteiger charge is -2.26. The van der Waals surface area contributed by atoms with Gasteiger partial charge < -0.3 is 10.6 Å². The van der Waals surface area contributed by atoms with Gasteiger partial charge in [0.2, 0.25) is 0 Å². The van der Waals surface area contributed by atoms with Crippen molar-refractivity contribution < 1.29 is 4.79 Å². The van der Waals surface area contributed by atoms with Gasteiger partial charge in [-0.2, -0.15) is 0 Å². The van der Waals surface area contributed by atoms with Gasteiger partial charge >= 0.3 is 5.69 Å². The predicted octanol–water partition coefficient (Wildman–Crippen LogP) is 4.32. The number of nitrogen functional groups attached to an aromatic ring is 1. The molecule has 7 heteroatoms. The van der Waals surface area contributed by atoms with Gasteiger partial charge in [-0.1, -0.05) is 54.1 Å². The third kappa shape index (κ3) is 5.29. The van der Waals surface area contributed by atoms with Crippen LogP contribution in [0, 0.1) is 13.8 Å². The molecule has 1 aliphatic rings. The van der Waals surface area contributed by atoms with Gasteiger partial charge in [-0.05, 0) is 68.7 Å². The molecular formula is C28H32N4O3. The first kappa shape index (κ1) is 24.3. The fourth-order valence-corrected chi connectivity index (χ4v) is 4.59. The van der Waals surface area contributed by atoms with Gasteiger partial charge in [-0.15, -0.1) is 0 Å². The highest BCUT2D eigenvalue weighted by Crippen LogP contribution is 2.26. The molecule has 0 unspecified atom stereocenters. The van der Waals surface area contributed by atoms with Crippen LogP contribution in [0.15, 0.2) is 69.8 Å². The topological polar surface area (TPSA) is 101 Å². The number of anilines is 2. The van der Waals surface area contributed by atoms with Crippen LogP contribution in [0.25, 0.3) is 0 Å². The van der Waals surface area contributed by atoms with Crippen LogP contribution in [0.1, 0.15) is 59.2 Å². The summed E-state index contributed by atoms with van der Waals surface area (Å²) in [7, 11) is 0. The summed E-state index contributed by atoms with van der Waals surface area (Å²) in [5, 5.41) is 0. The number of aromatic amines is 1. The summed E-state index contributed by atoms with van der Waals surface area (Å²) in [4.78, 5) is 43.5. The third-order valence-corrected chi connectivity index (χ3v) is 6.79. The molecule has 0 bridgehead atoms. The Morgan fingerprint density at radius 2 is 1.83 bits per heavy atom. The molecule has 0 saturated carbocycles. The summed E-state index contributed by atoms with van der Waals surface area (Å²) in [5.41, 5.74) is 9.71. The maximum absolute atomic E-state index is 13.9.